The maximum Gasteiger partial charge on any atom is 0.273 e. The van der Waals surface area contributed by atoms with Gasteiger partial charge in [-0.25, -0.2) is 5.43 Å². The minimum absolute atomic E-state index is 0.225. The molecule has 2 aromatic carbocycles. The van der Waals surface area contributed by atoms with Gasteiger partial charge in [-0.3, -0.25) is 4.79 Å². The number of hydrogen-bond acceptors (Lipinski definition) is 2. The van der Waals surface area contributed by atoms with Crippen LogP contribution in [0.3, 0.4) is 0 Å². The third-order valence-electron chi connectivity index (χ3n) is 3.39. The first-order valence-electron chi connectivity index (χ1n) is 6.71. The van der Waals surface area contributed by atoms with Gasteiger partial charge in [-0.05, 0) is 24.1 Å². The Morgan fingerprint density at radius 2 is 1.90 bits per heavy atom. The standard InChI is InChI=1S/C17H15N3O/c1-12-6-2-3-7-13(12)10-19-20-17(21)15-11-18-16-9-5-4-8-14(15)16/h2-11,18H,1H3,(H,20,21)/b19-10+. The molecule has 0 radical (unpaired) electrons. The summed E-state index contributed by atoms with van der Waals surface area (Å²) in [6.07, 6.45) is 3.35. The number of aromatic nitrogens is 1. The van der Waals surface area contributed by atoms with Crippen molar-refractivity contribution >= 4 is 23.0 Å². The lowest BCUT2D eigenvalue weighted by Crippen LogP contribution is -2.17. The van der Waals surface area contributed by atoms with Gasteiger partial charge in [-0.15, -0.1) is 0 Å². The zero-order valence-electron chi connectivity index (χ0n) is 11.6. The third kappa shape index (κ3) is 2.69. The van der Waals surface area contributed by atoms with Crippen LogP contribution < -0.4 is 5.43 Å². The number of hydrogen-bond donors (Lipinski definition) is 2. The minimum atomic E-state index is -0.225. The molecule has 0 saturated carbocycles. The van der Waals surface area contributed by atoms with Crippen LogP contribution in [-0.2, 0) is 0 Å². The van der Waals surface area contributed by atoms with E-state index in [0.717, 1.165) is 22.0 Å². The fraction of sp³-hybridized carbons (Fsp3) is 0.0588. The predicted molar refractivity (Wildman–Crippen MR) is 84.5 cm³/mol. The quantitative estimate of drug-likeness (QED) is 0.560. The molecular weight excluding hydrogens is 262 g/mol. The first-order valence-corrected chi connectivity index (χ1v) is 6.71. The Morgan fingerprint density at radius 1 is 1.14 bits per heavy atom. The van der Waals surface area contributed by atoms with Crippen molar-refractivity contribution in [1.82, 2.24) is 10.4 Å². The van der Waals surface area contributed by atoms with Crippen molar-refractivity contribution in [2.24, 2.45) is 5.10 Å². The molecule has 0 aliphatic carbocycles. The van der Waals surface area contributed by atoms with Crippen molar-refractivity contribution in [3.05, 3.63) is 71.4 Å². The molecule has 0 saturated heterocycles. The summed E-state index contributed by atoms with van der Waals surface area (Å²) < 4.78 is 0. The second kappa shape index (κ2) is 5.63. The number of H-pyrrole nitrogens is 1. The summed E-state index contributed by atoms with van der Waals surface area (Å²) in [7, 11) is 0. The van der Waals surface area contributed by atoms with Gasteiger partial charge in [-0.2, -0.15) is 5.10 Å². The molecule has 0 atom stereocenters. The van der Waals surface area contributed by atoms with E-state index in [1.54, 1.807) is 12.4 Å². The zero-order valence-corrected chi connectivity index (χ0v) is 11.6. The fourth-order valence-electron chi connectivity index (χ4n) is 2.21. The predicted octanol–water partition coefficient (Wildman–Crippen LogP) is 3.24. The Balaban J connectivity index is 1.77. The first kappa shape index (κ1) is 13.1. The zero-order chi connectivity index (χ0) is 14.7. The Morgan fingerprint density at radius 3 is 2.76 bits per heavy atom. The first-order chi connectivity index (χ1) is 10.3. The van der Waals surface area contributed by atoms with Crippen molar-refractivity contribution < 1.29 is 4.79 Å². The number of rotatable bonds is 3. The summed E-state index contributed by atoms with van der Waals surface area (Å²) in [5, 5.41) is 4.92. The van der Waals surface area contributed by atoms with Crippen molar-refractivity contribution in [2.75, 3.05) is 0 Å². The molecule has 3 rings (SSSR count). The molecule has 0 bridgehead atoms. The van der Waals surface area contributed by atoms with Crippen LogP contribution in [0, 0.1) is 6.92 Å². The highest BCUT2D eigenvalue weighted by Crippen LogP contribution is 2.17. The lowest BCUT2D eigenvalue weighted by molar-refractivity contribution is 0.0957. The third-order valence-corrected chi connectivity index (χ3v) is 3.39. The van der Waals surface area contributed by atoms with Crippen molar-refractivity contribution in [3.63, 3.8) is 0 Å². The number of hydrazone groups is 1. The van der Waals surface area contributed by atoms with Crippen LogP contribution in [0.5, 0.6) is 0 Å². The molecule has 1 heterocycles. The highest BCUT2D eigenvalue weighted by atomic mass is 16.2. The van der Waals surface area contributed by atoms with Gasteiger partial charge in [-0.1, -0.05) is 42.5 Å². The normalized spacial score (nSPS) is 11.1. The van der Waals surface area contributed by atoms with Gasteiger partial charge in [0, 0.05) is 17.1 Å². The molecule has 21 heavy (non-hydrogen) atoms. The van der Waals surface area contributed by atoms with Crippen molar-refractivity contribution in [3.8, 4) is 0 Å². The number of nitrogens with one attached hydrogen (secondary N) is 2. The monoisotopic (exact) mass is 277 g/mol. The highest BCUT2D eigenvalue weighted by molar-refractivity contribution is 6.06. The molecule has 2 N–H and O–H groups in total. The SMILES string of the molecule is Cc1ccccc1/C=N/NC(=O)c1c[nH]c2ccccc12. The number of carbonyl (C=O) groups is 1. The molecule has 1 amide bonds. The van der Waals surface area contributed by atoms with Crippen LogP contribution in [0.1, 0.15) is 21.5 Å². The largest absolute Gasteiger partial charge is 0.360 e. The Bertz CT molecular complexity index is 818. The molecule has 0 spiro atoms. The van der Waals surface area contributed by atoms with E-state index in [1.807, 2.05) is 55.5 Å². The van der Waals surface area contributed by atoms with E-state index in [9.17, 15) is 4.79 Å². The van der Waals surface area contributed by atoms with E-state index in [-0.39, 0.29) is 5.91 Å². The molecule has 1 aromatic heterocycles. The smallest absolute Gasteiger partial charge is 0.273 e. The van der Waals surface area contributed by atoms with Gasteiger partial charge in [0.2, 0.25) is 0 Å². The Labute approximate surface area is 122 Å². The molecular formula is C17H15N3O. The number of aryl methyl sites for hydroxylation is 1. The fourth-order valence-corrected chi connectivity index (χ4v) is 2.21. The number of benzene rings is 2. The summed E-state index contributed by atoms with van der Waals surface area (Å²) in [5.74, 6) is -0.225. The Hall–Kier alpha value is -2.88. The average Bonchev–Trinajstić information content (AvgIpc) is 2.93. The van der Waals surface area contributed by atoms with Gasteiger partial charge < -0.3 is 4.98 Å². The number of carbonyl (C=O) groups excluding carboxylic acids is 1. The van der Waals surface area contributed by atoms with Gasteiger partial charge in [0.1, 0.15) is 0 Å². The van der Waals surface area contributed by atoms with Crippen LogP contribution in [0.15, 0.2) is 59.8 Å². The summed E-state index contributed by atoms with van der Waals surface area (Å²) in [6, 6.07) is 15.5. The summed E-state index contributed by atoms with van der Waals surface area (Å²) in [5.41, 5.74) is 6.19. The van der Waals surface area contributed by atoms with E-state index >= 15 is 0 Å². The van der Waals surface area contributed by atoms with Crippen LogP contribution >= 0.6 is 0 Å². The number of aromatic amines is 1. The molecule has 3 aromatic rings. The lowest BCUT2D eigenvalue weighted by Gasteiger charge is -2.00. The van der Waals surface area contributed by atoms with Gasteiger partial charge in [0.25, 0.3) is 5.91 Å². The maximum absolute atomic E-state index is 12.2. The minimum Gasteiger partial charge on any atom is -0.360 e. The van der Waals surface area contributed by atoms with Gasteiger partial charge in [0.05, 0.1) is 11.8 Å². The maximum atomic E-state index is 12.2. The molecule has 0 aliphatic rings. The number of fused-ring (bicyclic) bond motifs is 1. The summed E-state index contributed by atoms with van der Waals surface area (Å²) in [6.45, 7) is 2.00. The van der Waals surface area contributed by atoms with E-state index in [0.29, 0.717) is 5.56 Å². The highest BCUT2D eigenvalue weighted by Gasteiger charge is 2.10. The molecule has 4 nitrogen and oxygen atoms in total. The molecule has 0 unspecified atom stereocenters. The van der Waals surface area contributed by atoms with Crippen LogP contribution in [0.2, 0.25) is 0 Å². The van der Waals surface area contributed by atoms with Crippen molar-refractivity contribution in [1.29, 1.82) is 0 Å². The Kier molecular flexibility index (Phi) is 3.51. The lowest BCUT2D eigenvalue weighted by atomic mass is 10.1. The second-order valence-electron chi connectivity index (χ2n) is 4.80. The van der Waals surface area contributed by atoms with Crippen molar-refractivity contribution in [2.45, 2.75) is 6.92 Å². The number of para-hydroxylation sites is 1. The summed E-state index contributed by atoms with van der Waals surface area (Å²) in [4.78, 5) is 15.2. The summed E-state index contributed by atoms with van der Waals surface area (Å²) >= 11 is 0. The molecule has 104 valence electrons. The van der Waals surface area contributed by atoms with Crippen LogP contribution in [-0.4, -0.2) is 17.1 Å². The van der Waals surface area contributed by atoms with E-state index in [2.05, 4.69) is 15.5 Å². The second-order valence-corrected chi connectivity index (χ2v) is 4.80. The molecule has 0 fully saturated rings. The average molecular weight is 277 g/mol. The molecule has 4 heteroatoms. The van der Waals surface area contributed by atoms with E-state index in [1.165, 1.54) is 0 Å². The van der Waals surface area contributed by atoms with Crippen LogP contribution in [0.4, 0.5) is 0 Å². The molecule has 0 aliphatic heterocycles. The van der Waals surface area contributed by atoms with Gasteiger partial charge >= 0.3 is 0 Å². The number of amides is 1. The van der Waals surface area contributed by atoms with E-state index in [4.69, 9.17) is 0 Å². The number of nitrogens with zero attached hydrogens (tertiary/aromatic N) is 1. The van der Waals surface area contributed by atoms with E-state index < -0.39 is 0 Å². The van der Waals surface area contributed by atoms with Gasteiger partial charge in [0.15, 0.2) is 0 Å². The topological polar surface area (TPSA) is 57.2 Å². The van der Waals surface area contributed by atoms with Crippen LogP contribution in [0.25, 0.3) is 10.9 Å².